The second-order valence-corrected chi connectivity index (χ2v) is 3.48. The number of Topliss-reactive ketones (excluding diaryl/α,β-unsaturated/α-hetero) is 1. The van der Waals surface area contributed by atoms with Crippen LogP contribution < -0.4 is 0 Å². The molecule has 0 aromatic carbocycles. The van der Waals surface area contributed by atoms with Crippen LogP contribution in [0.2, 0.25) is 0 Å². The van der Waals surface area contributed by atoms with Gasteiger partial charge in [-0.05, 0) is 18.8 Å². The Labute approximate surface area is 64.4 Å². The first kappa shape index (κ1) is 6.83. The van der Waals surface area contributed by atoms with Crippen LogP contribution in [0.5, 0.6) is 0 Å². The zero-order valence-corrected chi connectivity index (χ0v) is 6.12. The lowest BCUT2D eigenvalue weighted by Crippen LogP contribution is -2.39. The van der Waals surface area contributed by atoms with Crippen molar-refractivity contribution in [2.45, 2.75) is 19.3 Å². The molecule has 3 heteroatoms. The van der Waals surface area contributed by atoms with Gasteiger partial charge in [0, 0.05) is 12.3 Å². The first-order valence-corrected chi connectivity index (χ1v) is 3.95. The van der Waals surface area contributed by atoms with Gasteiger partial charge in [-0.3, -0.25) is 9.59 Å². The molecular formula is C8H10O3. The number of hydrogen-bond donors (Lipinski definition) is 1. The van der Waals surface area contributed by atoms with Crippen LogP contribution >= 0.6 is 0 Å². The van der Waals surface area contributed by atoms with Gasteiger partial charge in [-0.25, -0.2) is 0 Å². The number of fused-ring (bicyclic) bond motifs is 1. The standard InChI is InChI=1S/C8H10O3/c9-6-3-4-1-2-5(7(4)6)8(10)11/h4-5,7H,1-3H2,(H,10,11)/t4-,5+,7+/m0/s1. The second-order valence-electron chi connectivity index (χ2n) is 3.48. The highest BCUT2D eigenvalue weighted by molar-refractivity contribution is 5.92. The lowest BCUT2D eigenvalue weighted by molar-refractivity contribution is -0.149. The molecule has 0 saturated heterocycles. The van der Waals surface area contributed by atoms with E-state index in [1.54, 1.807) is 0 Å². The molecule has 0 unspecified atom stereocenters. The number of carboxylic acid groups (broad SMARTS) is 1. The summed E-state index contributed by atoms with van der Waals surface area (Å²) in [6.07, 6.45) is 2.28. The number of carbonyl (C=O) groups is 2. The Morgan fingerprint density at radius 1 is 1.45 bits per heavy atom. The number of carboxylic acids is 1. The van der Waals surface area contributed by atoms with Gasteiger partial charge in [0.25, 0.3) is 0 Å². The molecule has 2 fully saturated rings. The molecule has 0 aromatic rings. The van der Waals surface area contributed by atoms with E-state index in [-0.39, 0.29) is 17.6 Å². The molecule has 60 valence electrons. The average molecular weight is 154 g/mol. The normalized spacial score (nSPS) is 41.5. The Bertz CT molecular complexity index is 213. The van der Waals surface area contributed by atoms with Crippen LogP contribution in [-0.4, -0.2) is 16.9 Å². The first-order valence-electron chi connectivity index (χ1n) is 3.95. The van der Waals surface area contributed by atoms with Crippen molar-refractivity contribution in [3.63, 3.8) is 0 Å². The third-order valence-electron chi connectivity index (χ3n) is 2.94. The molecular weight excluding hydrogens is 144 g/mol. The Hall–Kier alpha value is -0.860. The van der Waals surface area contributed by atoms with E-state index in [9.17, 15) is 9.59 Å². The summed E-state index contributed by atoms with van der Waals surface area (Å²) >= 11 is 0. The zero-order chi connectivity index (χ0) is 8.01. The van der Waals surface area contributed by atoms with Gasteiger partial charge in [-0.2, -0.15) is 0 Å². The van der Waals surface area contributed by atoms with Crippen LogP contribution in [0, 0.1) is 17.8 Å². The minimum Gasteiger partial charge on any atom is -0.481 e. The quantitative estimate of drug-likeness (QED) is 0.604. The molecule has 0 radical (unpaired) electrons. The highest BCUT2D eigenvalue weighted by Crippen LogP contribution is 2.47. The maximum Gasteiger partial charge on any atom is 0.307 e. The lowest BCUT2D eigenvalue weighted by Gasteiger charge is -2.30. The summed E-state index contributed by atoms with van der Waals surface area (Å²) in [4.78, 5) is 21.5. The highest BCUT2D eigenvalue weighted by Gasteiger charge is 2.51. The number of carbonyl (C=O) groups excluding carboxylic acids is 1. The van der Waals surface area contributed by atoms with Gasteiger partial charge in [0.2, 0.25) is 0 Å². The van der Waals surface area contributed by atoms with Crippen molar-refractivity contribution in [1.29, 1.82) is 0 Å². The predicted octanol–water partition coefficient (Wildman–Crippen LogP) is 0.686. The molecule has 2 saturated carbocycles. The molecule has 1 N–H and O–H groups in total. The molecule has 3 atom stereocenters. The van der Waals surface area contributed by atoms with E-state index in [1.165, 1.54) is 0 Å². The van der Waals surface area contributed by atoms with E-state index >= 15 is 0 Å². The van der Waals surface area contributed by atoms with E-state index < -0.39 is 5.97 Å². The summed E-state index contributed by atoms with van der Waals surface area (Å²) in [7, 11) is 0. The fourth-order valence-electron chi connectivity index (χ4n) is 2.31. The summed E-state index contributed by atoms with van der Waals surface area (Å²) in [6.45, 7) is 0. The van der Waals surface area contributed by atoms with Crippen molar-refractivity contribution in [2.75, 3.05) is 0 Å². The monoisotopic (exact) mass is 154 g/mol. The molecule has 0 bridgehead atoms. The number of ketones is 1. The molecule has 2 rings (SSSR count). The SMILES string of the molecule is O=C1C[C@@H]2CC[C@@H](C(=O)O)[C@H]12. The lowest BCUT2D eigenvalue weighted by atomic mass is 9.71. The van der Waals surface area contributed by atoms with Crippen molar-refractivity contribution < 1.29 is 14.7 Å². The molecule has 0 aromatic heterocycles. The highest BCUT2D eigenvalue weighted by atomic mass is 16.4. The molecule has 0 aliphatic heterocycles. The van der Waals surface area contributed by atoms with Crippen molar-refractivity contribution in [2.24, 2.45) is 17.8 Å². The fraction of sp³-hybridized carbons (Fsp3) is 0.750. The maximum atomic E-state index is 11.0. The number of rotatable bonds is 1. The van der Waals surface area contributed by atoms with Crippen LogP contribution in [0.1, 0.15) is 19.3 Å². The van der Waals surface area contributed by atoms with Crippen molar-refractivity contribution >= 4 is 11.8 Å². The largest absolute Gasteiger partial charge is 0.481 e. The minimum atomic E-state index is -0.787. The topological polar surface area (TPSA) is 54.4 Å². The molecule has 0 spiro atoms. The van der Waals surface area contributed by atoms with Gasteiger partial charge in [0.1, 0.15) is 5.78 Å². The van der Waals surface area contributed by atoms with Crippen molar-refractivity contribution in [1.82, 2.24) is 0 Å². The van der Waals surface area contributed by atoms with E-state index in [0.29, 0.717) is 18.8 Å². The summed E-state index contributed by atoms with van der Waals surface area (Å²) in [5.41, 5.74) is 0. The molecule has 0 amide bonds. The third-order valence-corrected chi connectivity index (χ3v) is 2.94. The molecule has 3 nitrogen and oxygen atoms in total. The van der Waals surface area contributed by atoms with Crippen molar-refractivity contribution in [3.8, 4) is 0 Å². The maximum absolute atomic E-state index is 11.0. The van der Waals surface area contributed by atoms with Gasteiger partial charge < -0.3 is 5.11 Å². The summed E-state index contributed by atoms with van der Waals surface area (Å²) in [6, 6.07) is 0. The van der Waals surface area contributed by atoms with E-state index in [1.807, 2.05) is 0 Å². The Morgan fingerprint density at radius 3 is 2.64 bits per heavy atom. The summed E-state index contributed by atoms with van der Waals surface area (Å²) < 4.78 is 0. The van der Waals surface area contributed by atoms with Gasteiger partial charge in [0.05, 0.1) is 5.92 Å². The predicted molar refractivity (Wildman–Crippen MR) is 37.0 cm³/mol. The number of aliphatic carboxylic acids is 1. The van der Waals surface area contributed by atoms with Gasteiger partial charge in [-0.1, -0.05) is 0 Å². The van der Waals surface area contributed by atoms with E-state index in [4.69, 9.17) is 5.11 Å². The van der Waals surface area contributed by atoms with Crippen LogP contribution in [-0.2, 0) is 9.59 Å². The molecule has 0 heterocycles. The molecule has 2 aliphatic rings. The zero-order valence-electron chi connectivity index (χ0n) is 6.12. The second kappa shape index (κ2) is 2.06. The first-order chi connectivity index (χ1) is 5.20. The average Bonchev–Trinajstić information content (AvgIpc) is 2.25. The minimum absolute atomic E-state index is 0.118. The van der Waals surface area contributed by atoms with Crippen LogP contribution in [0.25, 0.3) is 0 Å². The van der Waals surface area contributed by atoms with Crippen LogP contribution in [0.4, 0.5) is 0 Å². The number of hydrogen-bond acceptors (Lipinski definition) is 2. The van der Waals surface area contributed by atoms with Gasteiger partial charge >= 0.3 is 5.97 Å². The third kappa shape index (κ3) is 0.800. The molecule has 2 aliphatic carbocycles. The van der Waals surface area contributed by atoms with Crippen molar-refractivity contribution in [3.05, 3.63) is 0 Å². The Morgan fingerprint density at radius 2 is 2.18 bits per heavy atom. The Kier molecular flexibility index (Phi) is 1.28. The fourth-order valence-corrected chi connectivity index (χ4v) is 2.31. The van der Waals surface area contributed by atoms with E-state index in [2.05, 4.69) is 0 Å². The molecule has 11 heavy (non-hydrogen) atoms. The van der Waals surface area contributed by atoms with E-state index in [0.717, 1.165) is 6.42 Å². The summed E-state index contributed by atoms with van der Waals surface area (Å²) in [5, 5.41) is 8.70. The smallest absolute Gasteiger partial charge is 0.307 e. The van der Waals surface area contributed by atoms with Gasteiger partial charge in [0.15, 0.2) is 0 Å². The van der Waals surface area contributed by atoms with Crippen LogP contribution in [0.15, 0.2) is 0 Å². The summed E-state index contributed by atoms with van der Waals surface area (Å²) in [5.74, 6) is -0.692. The van der Waals surface area contributed by atoms with Gasteiger partial charge in [-0.15, -0.1) is 0 Å². The van der Waals surface area contributed by atoms with Crippen LogP contribution in [0.3, 0.4) is 0 Å². The Balaban J connectivity index is 2.14.